The van der Waals surface area contributed by atoms with Crippen LogP contribution in [0.1, 0.15) is 31.2 Å². The highest BCUT2D eigenvalue weighted by Gasteiger charge is 2.22. The van der Waals surface area contributed by atoms with Gasteiger partial charge >= 0.3 is 5.69 Å². The van der Waals surface area contributed by atoms with E-state index in [2.05, 4.69) is 31.3 Å². The van der Waals surface area contributed by atoms with Gasteiger partial charge in [0, 0.05) is 27.7 Å². The van der Waals surface area contributed by atoms with Crippen molar-refractivity contribution in [1.29, 1.82) is 0 Å². The van der Waals surface area contributed by atoms with Crippen LogP contribution in [0.4, 0.5) is 11.4 Å². The van der Waals surface area contributed by atoms with Crippen LogP contribution in [0.25, 0.3) is 10.9 Å². The van der Waals surface area contributed by atoms with Crippen molar-refractivity contribution in [3.63, 3.8) is 0 Å². The SMILES string of the molecule is CC(C)c1nc2ccc(Br)cc2c(=O)n1N=Cc1cc(Cl)c(OCC(=O)Nc2ccccc2)c([N+](=O)[O-])c1. The normalized spacial score (nSPS) is 11.3. The monoisotopic (exact) mass is 597 g/mol. The molecule has 0 fully saturated rings. The number of amides is 1. The van der Waals surface area contributed by atoms with E-state index in [1.54, 1.807) is 48.5 Å². The fourth-order valence-corrected chi connectivity index (χ4v) is 4.22. The number of carbonyl (C=O) groups excluding carboxylic acids is 1. The van der Waals surface area contributed by atoms with E-state index < -0.39 is 23.1 Å². The number of aromatic nitrogens is 2. The van der Waals surface area contributed by atoms with Gasteiger partial charge in [-0.1, -0.05) is 59.6 Å². The van der Waals surface area contributed by atoms with Gasteiger partial charge in [0.1, 0.15) is 5.82 Å². The molecular weight excluding hydrogens is 578 g/mol. The fourth-order valence-electron chi connectivity index (χ4n) is 3.58. The Morgan fingerprint density at radius 2 is 1.97 bits per heavy atom. The van der Waals surface area contributed by atoms with Gasteiger partial charge in [0.05, 0.1) is 27.1 Å². The van der Waals surface area contributed by atoms with Gasteiger partial charge in [-0.15, -0.1) is 0 Å². The number of hydrogen-bond acceptors (Lipinski definition) is 7. The molecule has 3 aromatic carbocycles. The summed E-state index contributed by atoms with van der Waals surface area (Å²) in [7, 11) is 0. The Balaban J connectivity index is 1.64. The van der Waals surface area contributed by atoms with E-state index in [0.29, 0.717) is 26.9 Å². The summed E-state index contributed by atoms with van der Waals surface area (Å²) < 4.78 is 7.29. The zero-order chi connectivity index (χ0) is 27.4. The molecule has 10 nitrogen and oxygen atoms in total. The molecule has 0 saturated heterocycles. The number of benzene rings is 3. The van der Waals surface area contributed by atoms with E-state index in [0.717, 1.165) is 4.68 Å². The Morgan fingerprint density at radius 3 is 2.66 bits per heavy atom. The molecule has 1 heterocycles. The number of hydrogen-bond donors (Lipinski definition) is 1. The number of rotatable bonds is 8. The minimum absolute atomic E-state index is 0.0924. The number of nitro groups is 1. The van der Waals surface area contributed by atoms with Gasteiger partial charge in [0.15, 0.2) is 6.61 Å². The number of fused-ring (bicyclic) bond motifs is 1. The summed E-state index contributed by atoms with van der Waals surface area (Å²) in [5, 5.41) is 18.9. The van der Waals surface area contributed by atoms with E-state index in [1.165, 1.54) is 18.3 Å². The summed E-state index contributed by atoms with van der Waals surface area (Å²) >= 11 is 9.66. The van der Waals surface area contributed by atoms with E-state index in [-0.39, 0.29) is 27.8 Å². The zero-order valence-electron chi connectivity index (χ0n) is 20.2. The minimum atomic E-state index is -0.672. The minimum Gasteiger partial charge on any atom is -0.476 e. The number of para-hydroxylation sites is 1. The van der Waals surface area contributed by atoms with E-state index in [1.807, 2.05) is 13.8 Å². The van der Waals surface area contributed by atoms with Crippen LogP contribution in [0.3, 0.4) is 0 Å². The highest BCUT2D eigenvalue weighted by molar-refractivity contribution is 9.10. The molecule has 1 N–H and O–H groups in total. The van der Waals surface area contributed by atoms with Crippen LogP contribution < -0.4 is 15.6 Å². The lowest BCUT2D eigenvalue weighted by molar-refractivity contribution is -0.385. The lowest BCUT2D eigenvalue weighted by Gasteiger charge is -2.12. The van der Waals surface area contributed by atoms with E-state index in [4.69, 9.17) is 16.3 Å². The summed E-state index contributed by atoms with van der Waals surface area (Å²) in [6.45, 7) is 3.26. The lowest BCUT2D eigenvalue weighted by Crippen LogP contribution is -2.23. The number of nitro benzene ring substituents is 1. The van der Waals surface area contributed by atoms with Crippen LogP contribution in [-0.4, -0.2) is 33.3 Å². The molecule has 0 atom stereocenters. The third kappa shape index (κ3) is 6.06. The van der Waals surface area contributed by atoms with Gasteiger partial charge in [0.2, 0.25) is 5.75 Å². The molecule has 4 rings (SSSR count). The second kappa shape index (κ2) is 11.5. The molecule has 0 saturated carbocycles. The highest BCUT2D eigenvalue weighted by Crippen LogP contribution is 2.36. The van der Waals surface area contributed by atoms with Gasteiger partial charge in [0.25, 0.3) is 11.5 Å². The molecule has 0 aliphatic rings. The fraction of sp³-hybridized carbons (Fsp3) is 0.154. The molecule has 12 heteroatoms. The molecule has 4 aromatic rings. The van der Waals surface area contributed by atoms with Crippen molar-refractivity contribution in [3.8, 4) is 5.75 Å². The first kappa shape index (κ1) is 27.0. The summed E-state index contributed by atoms with van der Waals surface area (Å²) in [6, 6.07) is 16.5. The largest absolute Gasteiger partial charge is 0.476 e. The number of anilines is 1. The van der Waals surface area contributed by atoms with Crippen molar-refractivity contribution in [3.05, 3.63) is 102 Å². The van der Waals surface area contributed by atoms with Crippen LogP contribution in [-0.2, 0) is 4.79 Å². The molecule has 38 heavy (non-hydrogen) atoms. The highest BCUT2D eigenvalue weighted by atomic mass is 79.9. The molecule has 0 unspecified atom stereocenters. The number of nitrogens with zero attached hydrogens (tertiary/aromatic N) is 4. The smallest absolute Gasteiger partial charge is 0.313 e. The quantitative estimate of drug-likeness (QED) is 0.156. The summed E-state index contributed by atoms with van der Waals surface area (Å²) in [5.74, 6) is -0.479. The first-order valence-electron chi connectivity index (χ1n) is 11.4. The maximum atomic E-state index is 13.2. The van der Waals surface area contributed by atoms with Crippen molar-refractivity contribution < 1.29 is 14.5 Å². The van der Waals surface area contributed by atoms with Gasteiger partial charge < -0.3 is 10.1 Å². The predicted octanol–water partition coefficient (Wildman–Crippen LogP) is 5.74. The Labute approximate surface area is 230 Å². The van der Waals surface area contributed by atoms with E-state index in [9.17, 15) is 19.7 Å². The lowest BCUT2D eigenvalue weighted by atomic mass is 10.2. The van der Waals surface area contributed by atoms with E-state index >= 15 is 0 Å². The molecular formula is C26H21BrClN5O5. The molecule has 0 spiro atoms. The molecule has 0 radical (unpaired) electrons. The molecule has 1 aromatic heterocycles. The molecule has 0 aliphatic heterocycles. The molecule has 194 valence electrons. The average molecular weight is 599 g/mol. The maximum absolute atomic E-state index is 13.2. The Hall–Kier alpha value is -4.09. The van der Waals surface area contributed by atoms with Crippen molar-refractivity contribution in [2.45, 2.75) is 19.8 Å². The molecule has 0 aliphatic carbocycles. The summed E-state index contributed by atoms with van der Waals surface area (Å²) in [5.41, 5.74) is 0.494. The number of carbonyl (C=O) groups is 1. The second-order valence-electron chi connectivity index (χ2n) is 8.46. The third-order valence-electron chi connectivity index (χ3n) is 5.32. The second-order valence-corrected chi connectivity index (χ2v) is 9.78. The third-order valence-corrected chi connectivity index (χ3v) is 6.09. The average Bonchev–Trinajstić information content (AvgIpc) is 2.87. The standard InChI is InChI=1S/C26H21BrClN5O5/c1-15(2)25-31-21-9-8-17(27)12-19(21)26(35)32(25)29-13-16-10-20(28)24(22(11-16)33(36)37)38-14-23(34)30-18-6-4-3-5-7-18/h3-13,15H,14H2,1-2H3,(H,30,34). The van der Waals surface area contributed by atoms with Gasteiger partial charge in [-0.3, -0.25) is 19.7 Å². The number of nitrogens with one attached hydrogen (secondary N) is 1. The Morgan fingerprint density at radius 1 is 1.24 bits per heavy atom. The number of halogens is 2. The molecule has 0 bridgehead atoms. The molecule has 1 amide bonds. The van der Waals surface area contributed by atoms with Crippen molar-refractivity contribution >= 4 is 61.9 Å². The topological polar surface area (TPSA) is 129 Å². The van der Waals surface area contributed by atoms with Crippen molar-refractivity contribution in [2.24, 2.45) is 5.10 Å². The Bertz CT molecular complexity index is 1620. The summed E-state index contributed by atoms with van der Waals surface area (Å²) in [6.07, 6.45) is 1.28. The van der Waals surface area contributed by atoms with Crippen LogP contribution in [0, 0.1) is 10.1 Å². The van der Waals surface area contributed by atoms with Gasteiger partial charge in [-0.2, -0.15) is 9.78 Å². The first-order valence-corrected chi connectivity index (χ1v) is 12.5. The van der Waals surface area contributed by atoms with Crippen LogP contribution in [0.15, 0.2) is 75.0 Å². The van der Waals surface area contributed by atoms with Gasteiger partial charge in [-0.25, -0.2) is 4.98 Å². The van der Waals surface area contributed by atoms with Crippen LogP contribution >= 0.6 is 27.5 Å². The van der Waals surface area contributed by atoms with Crippen molar-refractivity contribution in [2.75, 3.05) is 11.9 Å². The summed E-state index contributed by atoms with van der Waals surface area (Å²) in [4.78, 5) is 41.1. The van der Waals surface area contributed by atoms with Crippen molar-refractivity contribution in [1.82, 2.24) is 9.66 Å². The van der Waals surface area contributed by atoms with Crippen LogP contribution in [0.2, 0.25) is 5.02 Å². The predicted molar refractivity (Wildman–Crippen MR) is 149 cm³/mol. The first-order chi connectivity index (χ1) is 18.1. The number of ether oxygens (including phenoxy) is 1. The maximum Gasteiger partial charge on any atom is 0.313 e. The van der Waals surface area contributed by atoms with Crippen LogP contribution in [0.5, 0.6) is 5.75 Å². The van der Waals surface area contributed by atoms with Gasteiger partial charge in [-0.05, 0) is 36.4 Å². The zero-order valence-corrected chi connectivity index (χ0v) is 22.6. The Kier molecular flexibility index (Phi) is 8.18.